The lowest BCUT2D eigenvalue weighted by Gasteiger charge is -2.15. The van der Waals surface area contributed by atoms with Crippen molar-refractivity contribution >= 4 is 5.91 Å². The first-order valence-corrected chi connectivity index (χ1v) is 6.46. The molecule has 0 bridgehead atoms. The Balaban J connectivity index is 2.16. The molecule has 1 aromatic carbocycles. The van der Waals surface area contributed by atoms with Gasteiger partial charge in [-0.1, -0.05) is 18.2 Å². The molecule has 1 aromatic rings. The highest BCUT2D eigenvalue weighted by Crippen LogP contribution is 2.29. The summed E-state index contributed by atoms with van der Waals surface area (Å²) in [6.45, 7) is 3.99. The number of rotatable bonds is 3. The summed E-state index contributed by atoms with van der Waals surface area (Å²) in [5.74, 6) is -1.95. The second kappa shape index (κ2) is 5.95. The van der Waals surface area contributed by atoms with E-state index in [1.165, 1.54) is 6.07 Å². The molecule has 2 nitrogen and oxygen atoms in total. The van der Waals surface area contributed by atoms with Crippen LogP contribution in [0, 0.1) is 17.6 Å². The Labute approximate surface area is 111 Å². The Morgan fingerprint density at radius 1 is 1.37 bits per heavy atom. The Bertz CT molecular complexity index is 487. The number of allylic oxidation sites excluding steroid dienone is 1. The maximum Gasteiger partial charge on any atom is 0.223 e. The number of benzene rings is 1. The standard InChI is InChI=1S/C15H17F2NO/c1-2-4-10-7-8-11(9-18-15(10)19)12-5-3-6-13(16)14(12)17/h2-3,5-6,10-11H,1,4,7-9H2,(H,18,19)/t10-,11+/m0/s1. The molecule has 1 aliphatic rings. The topological polar surface area (TPSA) is 29.1 Å². The van der Waals surface area contributed by atoms with Gasteiger partial charge in [0.25, 0.3) is 0 Å². The zero-order chi connectivity index (χ0) is 13.8. The van der Waals surface area contributed by atoms with Gasteiger partial charge in [-0.15, -0.1) is 6.58 Å². The Morgan fingerprint density at radius 3 is 2.89 bits per heavy atom. The number of hydrogen-bond acceptors (Lipinski definition) is 1. The molecule has 19 heavy (non-hydrogen) atoms. The Kier molecular flexibility index (Phi) is 4.30. The van der Waals surface area contributed by atoms with E-state index in [1.54, 1.807) is 12.1 Å². The van der Waals surface area contributed by atoms with Crippen molar-refractivity contribution in [1.29, 1.82) is 0 Å². The third-order valence-corrected chi connectivity index (χ3v) is 3.63. The summed E-state index contributed by atoms with van der Waals surface area (Å²) in [6.07, 6.45) is 3.66. The predicted molar refractivity (Wildman–Crippen MR) is 69.6 cm³/mol. The first-order valence-electron chi connectivity index (χ1n) is 6.46. The van der Waals surface area contributed by atoms with Crippen LogP contribution in [-0.2, 0) is 4.79 Å². The van der Waals surface area contributed by atoms with Crippen LogP contribution in [0.1, 0.15) is 30.7 Å². The summed E-state index contributed by atoms with van der Waals surface area (Å²) in [4.78, 5) is 11.8. The highest BCUT2D eigenvalue weighted by atomic mass is 19.2. The highest BCUT2D eigenvalue weighted by molar-refractivity contribution is 5.79. The van der Waals surface area contributed by atoms with Crippen molar-refractivity contribution in [3.8, 4) is 0 Å². The van der Waals surface area contributed by atoms with E-state index in [0.29, 0.717) is 31.4 Å². The fourth-order valence-corrected chi connectivity index (χ4v) is 2.53. The van der Waals surface area contributed by atoms with Crippen LogP contribution in [0.3, 0.4) is 0 Å². The molecule has 1 N–H and O–H groups in total. The van der Waals surface area contributed by atoms with Gasteiger partial charge >= 0.3 is 0 Å². The molecule has 0 radical (unpaired) electrons. The van der Waals surface area contributed by atoms with Crippen LogP contribution in [0.5, 0.6) is 0 Å². The van der Waals surface area contributed by atoms with Crippen LogP contribution in [0.15, 0.2) is 30.9 Å². The highest BCUT2D eigenvalue weighted by Gasteiger charge is 2.26. The van der Waals surface area contributed by atoms with Crippen molar-refractivity contribution < 1.29 is 13.6 Å². The molecule has 1 heterocycles. The van der Waals surface area contributed by atoms with Crippen molar-refractivity contribution in [3.05, 3.63) is 48.1 Å². The first kappa shape index (κ1) is 13.7. The smallest absolute Gasteiger partial charge is 0.223 e. The van der Waals surface area contributed by atoms with Crippen LogP contribution < -0.4 is 5.32 Å². The quantitative estimate of drug-likeness (QED) is 0.836. The van der Waals surface area contributed by atoms with E-state index in [9.17, 15) is 13.6 Å². The Morgan fingerprint density at radius 2 is 2.16 bits per heavy atom. The third kappa shape index (κ3) is 3.00. The summed E-state index contributed by atoms with van der Waals surface area (Å²) in [5, 5.41) is 2.80. The number of carbonyl (C=O) groups is 1. The average molecular weight is 265 g/mol. The van der Waals surface area contributed by atoms with Gasteiger partial charge in [-0.3, -0.25) is 4.79 Å². The average Bonchev–Trinajstić information content (AvgIpc) is 2.57. The van der Waals surface area contributed by atoms with Crippen molar-refractivity contribution in [2.75, 3.05) is 6.54 Å². The lowest BCUT2D eigenvalue weighted by Crippen LogP contribution is -2.30. The van der Waals surface area contributed by atoms with Gasteiger partial charge in [0.2, 0.25) is 5.91 Å². The molecule has 1 aliphatic heterocycles. The van der Waals surface area contributed by atoms with Crippen LogP contribution in [0.2, 0.25) is 0 Å². The maximum atomic E-state index is 13.8. The molecule has 1 amide bonds. The van der Waals surface area contributed by atoms with Gasteiger partial charge in [0.05, 0.1) is 0 Å². The molecule has 4 heteroatoms. The van der Waals surface area contributed by atoms with Crippen LogP contribution >= 0.6 is 0 Å². The van der Waals surface area contributed by atoms with Gasteiger partial charge in [0.15, 0.2) is 11.6 Å². The minimum atomic E-state index is -0.837. The maximum absolute atomic E-state index is 13.8. The summed E-state index contributed by atoms with van der Waals surface area (Å²) in [7, 11) is 0. The molecule has 2 atom stereocenters. The summed E-state index contributed by atoms with van der Waals surface area (Å²) < 4.78 is 27.0. The van der Waals surface area contributed by atoms with E-state index in [2.05, 4.69) is 11.9 Å². The molecular weight excluding hydrogens is 248 g/mol. The molecule has 0 aromatic heterocycles. The van der Waals surface area contributed by atoms with Crippen molar-refractivity contribution in [2.24, 2.45) is 5.92 Å². The second-order valence-electron chi connectivity index (χ2n) is 4.88. The van der Waals surface area contributed by atoms with Gasteiger partial charge in [-0.25, -0.2) is 8.78 Å². The van der Waals surface area contributed by atoms with E-state index in [-0.39, 0.29) is 17.7 Å². The number of carbonyl (C=O) groups excluding carboxylic acids is 1. The fourth-order valence-electron chi connectivity index (χ4n) is 2.53. The zero-order valence-corrected chi connectivity index (χ0v) is 10.7. The van der Waals surface area contributed by atoms with Crippen molar-refractivity contribution in [1.82, 2.24) is 5.32 Å². The lowest BCUT2D eigenvalue weighted by molar-refractivity contribution is -0.124. The van der Waals surface area contributed by atoms with Crippen molar-refractivity contribution in [3.63, 3.8) is 0 Å². The van der Waals surface area contributed by atoms with E-state index < -0.39 is 11.6 Å². The van der Waals surface area contributed by atoms with E-state index in [1.807, 2.05) is 0 Å². The summed E-state index contributed by atoms with van der Waals surface area (Å²) in [5.41, 5.74) is 0.347. The van der Waals surface area contributed by atoms with E-state index >= 15 is 0 Å². The molecule has 102 valence electrons. The largest absolute Gasteiger partial charge is 0.355 e. The number of hydrogen-bond donors (Lipinski definition) is 1. The van der Waals surface area contributed by atoms with Crippen LogP contribution in [0.25, 0.3) is 0 Å². The molecule has 0 spiro atoms. The normalized spacial score (nSPS) is 23.6. The molecule has 0 saturated carbocycles. The molecule has 0 unspecified atom stereocenters. The van der Waals surface area contributed by atoms with E-state index in [4.69, 9.17) is 0 Å². The second-order valence-corrected chi connectivity index (χ2v) is 4.88. The van der Waals surface area contributed by atoms with Gasteiger partial charge in [0, 0.05) is 18.4 Å². The van der Waals surface area contributed by atoms with Crippen molar-refractivity contribution in [2.45, 2.75) is 25.2 Å². The molecule has 0 aliphatic carbocycles. The summed E-state index contributed by atoms with van der Waals surface area (Å²) >= 11 is 0. The van der Waals surface area contributed by atoms with E-state index in [0.717, 1.165) is 6.07 Å². The number of nitrogens with one attached hydrogen (secondary N) is 1. The first-order chi connectivity index (χ1) is 9.13. The van der Waals surface area contributed by atoms with Crippen LogP contribution in [0.4, 0.5) is 8.78 Å². The monoisotopic (exact) mass is 265 g/mol. The zero-order valence-electron chi connectivity index (χ0n) is 10.7. The number of halogens is 2. The minimum Gasteiger partial charge on any atom is -0.355 e. The predicted octanol–water partition coefficient (Wildman–Crippen LogP) is 3.15. The van der Waals surface area contributed by atoms with Crippen LogP contribution in [-0.4, -0.2) is 12.5 Å². The fraction of sp³-hybridized carbons (Fsp3) is 0.400. The van der Waals surface area contributed by atoms with Gasteiger partial charge in [-0.2, -0.15) is 0 Å². The molecule has 1 saturated heterocycles. The summed E-state index contributed by atoms with van der Waals surface area (Å²) in [6, 6.07) is 4.19. The van der Waals surface area contributed by atoms with Gasteiger partial charge in [0.1, 0.15) is 0 Å². The third-order valence-electron chi connectivity index (χ3n) is 3.63. The molecule has 2 rings (SSSR count). The lowest BCUT2D eigenvalue weighted by atomic mass is 9.90. The SMILES string of the molecule is C=CC[C@H]1CC[C@@H](c2cccc(F)c2F)CNC1=O. The number of amides is 1. The molecular formula is C15H17F2NO. The molecule has 1 fully saturated rings. The van der Waals surface area contributed by atoms with Gasteiger partial charge in [-0.05, 0) is 30.9 Å². The Hall–Kier alpha value is -1.71. The minimum absolute atomic E-state index is 0.0285. The van der Waals surface area contributed by atoms with Gasteiger partial charge < -0.3 is 5.32 Å².